The zero-order chi connectivity index (χ0) is 15.0. The van der Waals surface area contributed by atoms with E-state index < -0.39 is 0 Å². The summed E-state index contributed by atoms with van der Waals surface area (Å²) in [5.74, 6) is 1.33. The standard InChI is InChI=1S/C15H20N6/c1-9(2)13-7-15(21-14(18-13)5-6-17-21)16-8-12-10(3)19-20-11(12)4/h5-7,9,16H,8H2,1-4H3,(H,19,20). The van der Waals surface area contributed by atoms with Crippen LogP contribution in [0.4, 0.5) is 5.82 Å². The summed E-state index contributed by atoms with van der Waals surface area (Å²) in [6.07, 6.45) is 1.77. The summed E-state index contributed by atoms with van der Waals surface area (Å²) >= 11 is 0. The van der Waals surface area contributed by atoms with Crippen molar-refractivity contribution in [1.82, 2.24) is 24.8 Å². The normalized spacial score (nSPS) is 11.5. The van der Waals surface area contributed by atoms with Gasteiger partial charge in [-0.25, -0.2) is 4.98 Å². The molecule has 0 aromatic carbocycles. The largest absolute Gasteiger partial charge is 0.366 e. The van der Waals surface area contributed by atoms with E-state index in [-0.39, 0.29) is 0 Å². The lowest BCUT2D eigenvalue weighted by atomic mass is 10.1. The molecule has 110 valence electrons. The molecule has 21 heavy (non-hydrogen) atoms. The summed E-state index contributed by atoms with van der Waals surface area (Å²) in [6, 6.07) is 3.99. The van der Waals surface area contributed by atoms with Gasteiger partial charge in [0.05, 0.1) is 11.9 Å². The van der Waals surface area contributed by atoms with Gasteiger partial charge in [0.25, 0.3) is 0 Å². The molecule has 3 heterocycles. The molecule has 0 aliphatic heterocycles. The minimum absolute atomic E-state index is 0.378. The number of fused-ring (bicyclic) bond motifs is 1. The van der Waals surface area contributed by atoms with Crippen LogP contribution in [0.15, 0.2) is 18.3 Å². The number of nitrogens with one attached hydrogen (secondary N) is 2. The number of rotatable bonds is 4. The maximum absolute atomic E-state index is 4.62. The molecule has 0 bridgehead atoms. The monoisotopic (exact) mass is 284 g/mol. The van der Waals surface area contributed by atoms with Crippen LogP contribution < -0.4 is 5.32 Å². The van der Waals surface area contributed by atoms with Crippen molar-refractivity contribution in [3.63, 3.8) is 0 Å². The fourth-order valence-electron chi connectivity index (χ4n) is 2.37. The average molecular weight is 284 g/mol. The zero-order valence-electron chi connectivity index (χ0n) is 12.8. The van der Waals surface area contributed by atoms with Crippen LogP contribution in [0.3, 0.4) is 0 Å². The number of aryl methyl sites for hydroxylation is 2. The van der Waals surface area contributed by atoms with E-state index in [0.717, 1.165) is 28.5 Å². The first-order valence-corrected chi connectivity index (χ1v) is 7.15. The van der Waals surface area contributed by atoms with E-state index in [4.69, 9.17) is 0 Å². The molecule has 0 aliphatic carbocycles. The summed E-state index contributed by atoms with van der Waals surface area (Å²) in [6.45, 7) is 9.04. The van der Waals surface area contributed by atoms with E-state index in [2.05, 4.69) is 45.5 Å². The third kappa shape index (κ3) is 2.49. The maximum atomic E-state index is 4.62. The zero-order valence-corrected chi connectivity index (χ0v) is 12.8. The molecule has 3 aromatic heterocycles. The summed E-state index contributed by atoms with van der Waals surface area (Å²) in [5, 5.41) is 15.0. The highest BCUT2D eigenvalue weighted by atomic mass is 15.3. The minimum Gasteiger partial charge on any atom is -0.366 e. The summed E-state index contributed by atoms with van der Waals surface area (Å²) < 4.78 is 1.83. The summed E-state index contributed by atoms with van der Waals surface area (Å²) in [5.41, 5.74) is 5.23. The van der Waals surface area contributed by atoms with E-state index in [1.54, 1.807) is 6.20 Å². The molecule has 0 saturated carbocycles. The lowest BCUT2D eigenvalue weighted by Crippen LogP contribution is -2.09. The van der Waals surface area contributed by atoms with E-state index in [9.17, 15) is 0 Å². The van der Waals surface area contributed by atoms with Crippen LogP contribution >= 0.6 is 0 Å². The van der Waals surface area contributed by atoms with Crippen LogP contribution in [0, 0.1) is 13.8 Å². The minimum atomic E-state index is 0.378. The van der Waals surface area contributed by atoms with Gasteiger partial charge in [-0.1, -0.05) is 13.8 Å². The van der Waals surface area contributed by atoms with Crippen LogP contribution in [0.25, 0.3) is 5.65 Å². The van der Waals surface area contributed by atoms with Crippen molar-refractivity contribution < 1.29 is 0 Å². The Kier molecular flexibility index (Phi) is 3.37. The number of aromatic amines is 1. The highest BCUT2D eigenvalue weighted by Crippen LogP contribution is 2.20. The van der Waals surface area contributed by atoms with Crippen LogP contribution in [-0.2, 0) is 6.54 Å². The molecular formula is C15H20N6. The molecule has 0 atom stereocenters. The van der Waals surface area contributed by atoms with Crippen molar-refractivity contribution in [2.75, 3.05) is 5.32 Å². The Balaban J connectivity index is 1.94. The van der Waals surface area contributed by atoms with Crippen LogP contribution in [-0.4, -0.2) is 24.8 Å². The number of nitrogens with zero attached hydrogens (tertiary/aromatic N) is 4. The van der Waals surface area contributed by atoms with Crippen LogP contribution in [0.5, 0.6) is 0 Å². The first-order chi connectivity index (χ1) is 10.1. The van der Waals surface area contributed by atoms with Crippen molar-refractivity contribution in [2.24, 2.45) is 0 Å². The fraction of sp³-hybridized carbons (Fsp3) is 0.400. The SMILES string of the molecule is Cc1n[nH]c(C)c1CNc1cc(C(C)C)nc2ccnn12. The molecule has 2 N–H and O–H groups in total. The van der Waals surface area contributed by atoms with Crippen molar-refractivity contribution in [3.8, 4) is 0 Å². The third-order valence-electron chi connectivity index (χ3n) is 3.70. The Labute approximate surface area is 123 Å². The van der Waals surface area contributed by atoms with Crippen molar-refractivity contribution in [3.05, 3.63) is 41.0 Å². The van der Waals surface area contributed by atoms with Gasteiger partial charge in [-0.15, -0.1) is 0 Å². The first-order valence-electron chi connectivity index (χ1n) is 7.15. The molecule has 0 amide bonds. The average Bonchev–Trinajstić information content (AvgIpc) is 3.04. The molecular weight excluding hydrogens is 264 g/mol. The molecule has 3 rings (SSSR count). The van der Waals surface area contributed by atoms with Crippen molar-refractivity contribution in [2.45, 2.75) is 40.2 Å². The van der Waals surface area contributed by atoms with Gasteiger partial charge in [0.2, 0.25) is 0 Å². The van der Waals surface area contributed by atoms with Crippen LogP contribution in [0.1, 0.15) is 42.4 Å². The lowest BCUT2D eigenvalue weighted by Gasteiger charge is -2.12. The molecule has 0 unspecified atom stereocenters. The van der Waals surface area contributed by atoms with Gasteiger partial charge in [-0.3, -0.25) is 5.10 Å². The molecule has 0 fully saturated rings. The van der Waals surface area contributed by atoms with Gasteiger partial charge in [0.15, 0.2) is 5.65 Å². The van der Waals surface area contributed by atoms with E-state index in [1.165, 1.54) is 5.56 Å². The number of hydrogen-bond donors (Lipinski definition) is 2. The molecule has 0 aliphatic rings. The van der Waals surface area contributed by atoms with Crippen molar-refractivity contribution >= 4 is 11.5 Å². The molecule has 0 radical (unpaired) electrons. The van der Waals surface area contributed by atoms with E-state index in [0.29, 0.717) is 12.5 Å². The number of anilines is 1. The second-order valence-corrected chi connectivity index (χ2v) is 5.59. The Bertz CT molecular complexity index is 748. The fourth-order valence-corrected chi connectivity index (χ4v) is 2.37. The Hall–Kier alpha value is -2.37. The maximum Gasteiger partial charge on any atom is 0.157 e. The van der Waals surface area contributed by atoms with Gasteiger partial charge >= 0.3 is 0 Å². The Morgan fingerprint density at radius 2 is 2.14 bits per heavy atom. The van der Waals surface area contributed by atoms with Gasteiger partial charge < -0.3 is 5.32 Å². The predicted molar refractivity (Wildman–Crippen MR) is 82.5 cm³/mol. The molecule has 6 heteroatoms. The Morgan fingerprint density at radius 1 is 1.33 bits per heavy atom. The number of H-pyrrole nitrogens is 1. The van der Waals surface area contributed by atoms with Gasteiger partial charge in [-0.05, 0) is 19.8 Å². The van der Waals surface area contributed by atoms with Gasteiger partial charge in [0, 0.05) is 35.6 Å². The molecule has 3 aromatic rings. The molecule has 0 spiro atoms. The second-order valence-electron chi connectivity index (χ2n) is 5.59. The van der Waals surface area contributed by atoms with E-state index >= 15 is 0 Å². The summed E-state index contributed by atoms with van der Waals surface area (Å²) in [4.78, 5) is 4.62. The number of aromatic nitrogens is 5. The van der Waals surface area contributed by atoms with Crippen LogP contribution in [0.2, 0.25) is 0 Å². The van der Waals surface area contributed by atoms with E-state index in [1.807, 2.05) is 24.4 Å². The third-order valence-corrected chi connectivity index (χ3v) is 3.70. The lowest BCUT2D eigenvalue weighted by molar-refractivity contribution is 0.808. The first kappa shape index (κ1) is 13.6. The highest BCUT2D eigenvalue weighted by molar-refractivity contribution is 5.50. The second kappa shape index (κ2) is 5.20. The smallest absolute Gasteiger partial charge is 0.157 e. The topological polar surface area (TPSA) is 70.9 Å². The number of hydrogen-bond acceptors (Lipinski definition) is 4. The highest BCUT2D eigenvalue weighted by Gasteiger charge is 2.11. The molecule has 6 nitrogen and oxygen atoms in total. The van der Waals surface area contributed by atoms with Gasteiger partial charge in [-0.2, -0.15) is 14.7 Å². The van der Waals surface area contributed by atoms with Gasteiger partial charge in [0.1, 0.15) is 5.82 Å². The Morgan fingerprint density at radius 3 is 2.81 bits per heavy atom. The quantitative estimate of drug-likeness (QED) is 0.773. The summed E-state index contributed by atoms with van der Waals surface area (Å²) in [7, 11) is 0. The molecule has 0 saturated heterocycles. The predicted octanol–water partition coefficient (Wildman–Crippen LogP) is 2.80. The van der Waals surface area contributed by atoms with Crippen molar-refractivity contribution in [1.29, 1.82) is 0 Å².